The third-order valence-electron chi connectivity index (χ3n) is 4.79. The Morgan fingerprint density at radius 2 is 2.04 bits per heavy atom. The van der Waals surface area contributed by atoms with E-state index < -0.39 is 10.8 Å². The van der Waals surface area contributed by atoms with Crippen LogP contribution in [0.2, 0.25) is 0 Å². The van der Waals surface area contributed by atoms with Gasteiger partial charge in [-0.2, -0.15) is 0 Å². The van der Waals surface area contributed by atoms with Gasteiger partial charge in [-0.15, -0.1) is 0 Å². The fourth-order valence-corrected chi connectivity index (χ4v) is 4.62. The number of hydrogen-bond acceptors (Lipinski definition) is 4. The van der Waals surface area contributed by atoms with E-state index in [4.69, 9.17) is 9.47 Å². The van der Waals surface area contributed by atoms with E-state index in [1.165, 1.54) is 0 Å². The van der Waals surface area contributed by atoms with Crippen LogP contribution in [0.15, 0.2) is 29.3 Å². The van der Waals surface area contributed by atoms with Gasteiger partial charge in [0.2, 0.25) is 0 Å². The van der Waals surface area contributed by atoms with Gasteiger partial charge >= 0.3 is 0 Å². The van der Waals surface area contributed by atoms with Crippen molar-refractivity contribution in [2.24, 2.45) is 4.99 Å². The van der Waals surface area contributed by atoms with Crippen molar-refractivity contribution in [3.63, 3.8) is 0 Å². The number of hydrogen-bond donors (Lipinski definition) is 2. The van der Waals surface area contributed by atoms with Crippen LogP contribution in [0.5, 0.6) is 5.75 Å². The molecule has 27 heavy (non-hydrogen) atoms. The lowest BCUT2D eigenvalue weighted by molar-refractivity contribution is 0.146. The van der Waals surface area contributed by atoms with Gasteiger partial charge in [-0.3, -0.25) is 9.20 Å². The first-order valence-electron chi connectivity index (χ1n) is 9.71. The first kappa shape index (κ1) is 21.7. The molecule has 1 fully saturated rings. The van der Waals surface area contributed by atoms with Gasteiger partial charge in [0.1, 0.15) is 12.4 Å². The SMILES string of the molecule is CCS(=O)C1CCCC(NC(=NC)NCc2ccc(OCCOC)cc2)C1. The number of benzene rings is 1. The van der Waals surface area contributed by atoms with Gasteiger partial charge in [0, 0.05) is 48.5 Å². The summed E-state index contributed by atoms with van der Waals surface area (Å²) in [7, 11) is 2.74. The molecule has 2 rings (SSSR count). The minimum atomic E-state index is -0.710. The molecule has 152 valence electrons. The number of guanidine groups is 1. The summed E-state index contributed by atoms with van der Waals surface area (Å²) in [5.41, 5.74) is 1.16. The highest BCUT2D eigenvalue weighted by atomic mass is 32.2. The molecule has 0 bridgehead atoms. The molecular formula is C20H33N3O3S. The Bertz CT molecular complexity index is 607. The van der Waals surface area contributed by atoms with E-state index in [0.29, 0.717) is 31.1 Å². The Morgan fingerprint density at radius 3 is 2.70 bits per heavy atom. The Morgan fingerprint density at radius 1 is 1.26 bits per heavy atom. The van der Waals surface area contributed by atoms with Gasteiger partial charge in [0.05, 0.1) is 6.61 Å². The van der Waals surface area contributed by atoms with E-state index in [1.807, 2.05) is 31.2 Å². The summed E-state index contributed by atoms with van der Waals surface area (Å²) >= 11 is 0. The number of nitrogens with zero attached hydrogens (tertiary/aromatic N) is 1. The fraction of sp³-hybridized carbons (Fsp3) is 0.650. The van der Waals surface area contributed by atoms with Crippen molar-refractivity contribution in [2.75, 3.05) is 33.1 Å². The molecule has 1 aromatic carbocycles. The molecule has 0 saturated heterocycles. The largest absolute Gasteiger partial charge is 0.491 e. The lowest BCUT2D eigenvalue weighted by Gasteiger charge is -2.30. The van der Waals surface area contributed by atoms with Crippen LogP contribution < -0.4 is 15.4 Å². The number of methoxy groups -OCH3 is 1. The summed E-state index contributed by atoms with van der Waals surface area (Å²) in [4.78, 5) is 4.33. The van der Waals surface area contributed by atoms with Crippen molar-refractivity contribution >= 4 is 16.8 Å². The molecule has 0 spiro atoms. The van der Waals surface area contributed by atoms with E-state index in [1.54, 1.807) is 14.2 Å². The topological polar surface area (TPSA) is 72.0 Å². The molecule has 1 aliphatic carbocycles. The maximum atomic E-state index is 12.1. The molecule has 0 amide bonds. The molecule has 0 aromatic heterocycles. The highest BCUT2D eigenvalue weighted by Gasteiger charge is 2.25. The third kappa shape index (κ3) is 7.50. The van der Waals surface area contributed by atoms with Gasteiger partial charge < -0.3 is 20.1 Å². The van der Waals surface area contributed by atoms with Gasteiger partial charge in [0.15, 0.2) is 5.96 Å². The molecule has 1 saturated carbocycles. The van der Waals surface area contributed by atoms with Crippen molar-refractivity contribution in [3.8, 4) is 5.75 Å². The minimum Gasteiger partial charge on any atom is -0.491 e. The van der Waals surface area contributed by atoms with E-state index in [0.717, 1.165) is 48.7 Å². The van der Waals surface area contributed by atoms with Crippen LogP contribution in [0.25, 0.3) is 0 Å². The molecule has 0 radical (unpaired) electrons. The molecule has 3 unspecified atom stereocenters. The average molecular weight is 396 g/mol. The monoisotopic (exact) mass is 395 g/mol. The van der Waals surface area contributed by atoms with Crippen LogP contribution in [0, 0.1) is 0 Å². The van der Waals surface area contributed by atoms with Crippen molar-refractivity contribution in [3.05, 3.63) is 29.8 Å². The molecule has 6 nitrogen and oxygen atoms in total. The van der Waals surface area contributed by atoms with Crippen LogP contribution in [0.4, 0.5) is 0 Å². The summed E-state index contributed by atoms with van der Waals surface area (Å²) in [6.45, 7) is 3.83. The van der Waals surface area contributed by atoms with Crippen molar-refractivity contribution in [1.82, 2.24) is 10.6 Å². The minimum absolute atomic E-state index is 0.310. The standard InChI is InChI=1S/C20H33N3O3S/c1-4-27(24)19-7-5-6-17(14-19)23-20(21-2)22-15-16-8-10-18(11-9-16)26-13-12-25-3/h8-11,17,19H,4-7,12-15H2,1-3H3,(H2,21,22,23). The summed E-state index contributed by atoms with van der Waals surface area (Å²) in [5.74, 6) is 2.38. The zero-order valence-electron chi connectivity index (χ0n) is 16.7. The summed E-state index contributed by atoms with van der Waals surface area (Å²) in [5, 5.41) is 7.17. The molecular weight excluding hydrogens is 362 g/mol. The molecule has 7 heteroatoms. The quantitative estimate of drug-likeness (QED) is 0.382. The highest BCUT2D eigenvalue weighted by Crippen LogP contribution is 2.23. The van der Waals surface area contributed by atoms with E-state index in [9.17, 15) is 4.21 Å². The second-order valence-electron chi connectivity index (χ2n) is 6.71. The maximum absolute atomic E-state index is 12.1. The van der Waals surface area contributed by atoms with E-state index >= 15 is 0 Å². The number of rotatable bonds is 9. The molecule has 1 aliphatic rings. The van der Waals surface area contributed by atoms with Crippen LogP contribution in [0.1, 0.15) is 38.2 Å². The van der Waals surface area contributed by atoms with Gasteiger partial charge in [-0.1, -0.05) is 25.5 Å². The number of ether oxygens (including phenoxy) is 2. The third-order valence-corrected chi connectivity index (χ3v) is 6.53. The average Bonchev–Trinajstić information content (AvgIpc) is 2.71. The highest BCUT2D eigenvalue weighted by molar-refractivity contribution is 7.85. The van der Waals surface area contributed by atoms with Crippen molar-refractivity contribution in [2.45, 2.75) is 50.4 Å². The lowest BCUT2D eigenvalue weighted by Crippen LogP contribution is -2.46. The number of nitrogens with one attached hydrogen (secondary N) is 2. The second kappa shape index (κ2) is 12.0. The summed E-state index contributed by atoms with van der Waals surface area (Å²) in [6, 6.07) is 8.36. The van der Waals surface area contributed by atoms with Gasteiger partial charge in [-0.05, 0) is 37.0 Å². The second-order valence-corrected chi connectivity index (χ2v) is 8.72. The predicted molar refractivity (Wildman–Crippen MR) is 112 cm³/mol. The Hall–Kier alpha value is -1.60. The number of aliphatic imine (C=N–C) groups is 1. The smallest absolute Gasteiger partial charge is 0.191 e. The molecule has 0 heterocycles. The Kier molecular flexibility index (Phi) is 9.62. The lowest BCUT2D eigenvalue weighted by atomic mass is 9.95. The van der Waals surface area contributed by atoms with Crippen LogP contribution in [0.3, 0.4) is 0 Å². The first-order valence-corrected chi connectivity index (χ1v) is 11.1. The van der Waals surface area contributed by atoms with E-state index in [2.05, 4.69) is 15.6 Å². The van der Waals surface area contributed by atoms with Gasteiger partial charge in [-0.25, -0.2) is 0 Å². The fourth-order valence-electron chi connectivity index (χ4n) is 3.27. The summed E-state index contributed by atoms with van der Waals surface area (Å²) in [6.07, 6.45) is 4.25. The van der Waals surface area contributed by atoms with E-state index in [-0.39, 0.29) is 0 Å². The molecule has 2 N–H and O–H groups in total. The van der Waals surface area contributed by atoms with Crippen molar-refractivity contribution in [1.29, 1.82) is 0 Å². The zero-order chi connectivity index (χ0) is 19.5. The predicted octanol–water partition coefficient (Wildman–Crippen LogP) is 2.46. The van der Waals surface area contributed by atoms with Crippen LogP contribution in [-0.4, -0.2) is 54.6 Å². The van der Waals surface area contributed by atoms with Gasteiger partial charge in [0.25, 0.3) is 0 Å². The molecule has 0 aliphatic heterocycles. The Labute approximate surface area is 165 Å². The summed E-state index contributed by atoms with van der Waals surface area (Å²) < 4.78 is 22.7. The van der Waals surface area contributed by atoms with Crippen molar-refractivity contribution < 1.29 is 13.7 Å². The van der Waals surface area contributed by atoms with Crippen LogP contribution >= 0.6 is 0 Å². The molecule has 3 atom stereocenters. The maximum Gasteiger partial charge on any atom is 0.191 e. The zero-order valence-corrected chi connectivity index (χ0v) is 17.5. The normalized spacial score (nSPS) is 21.5. The molecule has 1 aromatic rings. The first-order chi connectivity index (χ1) is 13.2. The van der Waals surface area contributed by atoms with Crippen LogP contribution in [-0.2, 0) is 22.1 Å². The Balaban J connectivity index is 1.79.